The lowest BCUT2D eigenvalue weighted by atomic mass is 9.88. The molecule has 13 aromatic carbocycles. The van der Waals surface area contributed by atoms with Crippen molar-refractivity contribution in [3.05, 3.63) is 350 Å². The highest BCUT2D eigenvalue weighted by Gasteiger charge is 2.52. The van der Waals surface area contributed by atoms with Crippen LogP contribution in [0.2, 0.25) is 0 Å². The van der Waals surface area contributed by atoms with Gasteiger partial charge in [-0.2, -0.15) is 0 Å². The molecule has 15 aromatic rings. The lowest BCUT2D eigenvalue weighted by Crippen LogP contribution is -2.70. The Morgan fingerprint density at radius 2 is 0.625 bits per heavy atom. The minimum absolute atomic E-state index is 0.0898. The first-order valence-corrected chi connectivity index (χ1v) is 33.4. The molecule has 3 heterocycles. The molecule has 88 heavy (non-hydrogen) atoms. The smallest absolute Gasteiger partial charge is 0.176 e. The van der Waals surface area contributed by atoms with E-state index in [0.29, 0.717) is 0 Å². The SMILES string of the molecule is C1=C(n2c3ccccc3c3cc(-n4c5ccccc5c5ccccc54)ccc32)C2c3ccccc3SC2C([Si](c2ccccc2)(c2ccccc2)c2ccc(-c3ccc(-c4ccc(-c5ccc(-c6ccc(-c7ccccc7)cc6)cc5)cc4)cc3)cc2)=C1. The molecule has 17 rings (SSSR count). The minimum Gasteiger partial charge on any atom is -0.312 e. The maximum atomic E-state index is 2.60. The summed E-state index contributed by atoms with van der Waals surface area (Å²) in [7, 11) is -3.01. The summed E-state index contributed by atoms with van der Waals surface area (Å²) in [4.78, 5) is 1.36. The summed E-state index contributed by atoms with van der Waals surface area (Å²) in [5.41, 5.74) is 20.9. The van der Waals surface area contributed by atoms with Crippen molar-refractivity contribution < 1.29 is 0 Å². The Kier molecular flexibility index (Phi) is 12.7. The first-order valence-electron chi connectivity index (χ1n) is 30.5. The number of allylic oxidation sites excluding steroid dienone is 3. The van der Waals surface area contributed by atoms with Crippen molar-refractivity contribution in [1.29, 1.82) is 0 Å². The average molecular weight is 1160 g/mol. The van der Waals surface area contributed by atoms with Crippen molar-refractivity contribution in [3.63, 3.8) is 0 Å². The molecule has 2 atom stereocenters. The Bertz CT molecular complexity index is 5090. The van der Waals surface area contributed by atoms with Crippen LogP contribution in [0, 0.1) is 0 Å². The van der Waals surface area contributed by atoms with Gasteiger partial charge in [-0.1, -0.05) is 296 Å². The van der Waals surface area contributed by atoms with Crippen LogP contribution in [0.3, 0.4) is 0 Å². The highest BCUT2D eigenvalue weighted by atomic mass is 32.2. The molecule has 0 bridgehead atoms. The number of benzene rings is 13. The second kappa shape index (κ2) is 21.5. The number of nitrogens with zero attached hydrogens (tertiary/aromatic N) is 2. The molecule has 1 aliphatic heterocycles. The Morgan fingerprint density at radius 1 is 0.273 bits per heavy atom. The van der Waals surface area contributed by atoms with Crippen LogP contribution in [0.5, 0.6) is 0 Å². The van der Waals surface area contributed by atoms with Crippen LogP contribution in [0.1, 0.15) is 11.5 Å². The third kappa shape index (κ3) is 8.54. The molecule has 0 amide bonds. The van der Waals surface area contributed by atoms with E-state index in [9.17, 15) is 0 Å². The number of thioether (sulfide) groups is 1. The lowest BCUT2D eigenvalue weighted by Gasteiger charge is -2.42. The summed E-state index contributed by atoms with van der Waals surface area (Å²) < 4.78 is 5.05. The van der Waals surface area contributed by atoms with E-state index in [1.54, 1.807) is 0 Å². The monoisotopic (exact) mass is 1150 g/mol. The minimum atomic E-state index is -3.01. The van der Waals surface area contributed by atoms with Gasteiger partial charge in [0.15, 0.2) is 8.07 Å². The molecule has 0 saturated carbocycles. The topological polar surface area (TPSA) is 9.86 Å². The molecule has 414 valence electrons. The van der Waals surface area contributed by atoms with Crippen molar-refractivity contribution >= 4 is 84.7 Å². The van der Waals surface area contributed by atoms with Crippen molar-refractivity contribution in [3.8, 4) is 61.3 Å². The van der Waals surface area contributed by atoms with Gasteiger partial charge in [0, 0.05) is 49.0 Å². The van der Waals surface area contributed by atoms with Crippen molar-refractivity contribution in [2.24, 2.45) is 0 Å². The van der Waals surface area contributed by atoms with Crippen LogP contribution in [0.15, 0.2) is 350 Å². The number of aromatic nitrogens is 2. The van der Waals surface area contributed by atoms with Crippen LogP contribution >= 0.6 is 11.8 Å². The molecule has 2 aromatic heterocycles. The number of fused-ring (bicyclic) bond motifs is 9. The van der Waals surface area contributed by atoms with E-state index < -0.39 is 8.07 Å². The Morgan fingerprint density at radius 3 is 1.10 bits per heavy atom. The van der Waals surface area contributed by atoms with Gasteiger partial charge in [0.2, 0.25) is 0 Å². The second-order valence-corrected chi connectivity index (χ2v) is 28.4. The Hall–Kier alpha value is -10.5. The van der Waals surface area contributed by atoms with Gasteiger partial charge in [0.1, 0.15) is 0 Å². The molecule has 0 spiro atoms. The van der Waals surface area contributed by atoms with Gasteiger partial charge in [-0.15, -0.1) is 11.8 Å². The van der Waals surface area contributed by atoms with Gasteiger partial charge in [-0.25, -0.2) is 0 Å². The largest absolute Gasteiger partial charge is 0.312 e. The average Bonchev–Trinajstić information content (AvgIpc) is 2.61. The molecule has 0 fully saturated rings. The highest BCUT2D eigenvalue weighted by Crippen LogP contribution is 2.57. The van der Waals surface area contributed by atoms with E-state index in [0.717, 1.165) is 0 Å². The quantitative estimate of drug-likeness (QED) is 0.0927. The maximum absolute atomic E-state index is 3.01. The molecule has 4 heteroatoms. The van der Waals surface area contributed by atoms with E-state index in [-0.39, 0.29) is 11.2 Å². The molecule has 0 N–H and O–H groups in total. The Labute approximate surface area is 518 Å². The van der Waals surface area contributed by atoms with E-state index in [2.05, 4.69) is 361 Å². The number of rotatable bonds is 11. The van der Waals surface area contributed by atoms with E-state index in [1.807, 2.05) is 0 Å². The lowest BCUT2D eigenvalue weighted by molar-refractivity contribution is 0.842. The summed E-state index contributed by atoms with van der Waals surface area (Å²) in [6.45, 7) is 0. The molecule has 0 saturated heterocycles. The zero-order chi connectivity index (χ0) is 58.1. The fourth-order valence-electron chi connectivity index (χ4n) is 14.6. The van der Waals surface area contributed by atoms with Crippen molar-refractivity contribution in [2.75, 3.05) is 0 Å². The van der Waals surface area contributed by atoms with Crippen LogP contribution < -0.4 is 15.6 Å². The summed E-state index contributed by atoms with van der Waals surface area (Å²) in [6, 6.07) is 122. The van der Waals surface area contributed by atoms with Gasteiger partial charge in [0.25, 0.3) is 0 Å². The molecule has 0 radical (unpaired) electrons. The number of para-hydroxylation sites is 3. The number of hydrogen-bond acceptors (Lipinski definition) is 1. The molecule has 1 aliphatic carbocycles. The highest BCUT2D eigenvalue weighted by molar-refractivity contribution is 8.00. The number of hydrogen-bond donors (Lipinski definition) is 0. The third-order valence-electron chi connectivity index (χ3n) is 18.8. The summed E-state index contributed by atoms with van der Waals surface area (Å²) >= 11 is 2.06. The zero-order valence-electron chi connectivity index (χ0n) is 48.3. The molecule has 2 aliphatic rings. The zero-order valence-corrected chi connectivity index (χ0v) is 50.1. The van der Waals surface area contributed by atoms with Gasteiger partial charge in [0.05, 0.1) is 22.1 Å². The third-order valence-corrected chi connectivity index (χ3v) is 25.3. The molecular weight excluding hydrogens is 1100 g/mol. The maximum Gasteiger partial charge on any atom is 0.176 e. The summed E-state index contributed by atoms with van der Waals surface area (Å²) in [5, 5.41) is 10.8. The predicted octanol–water partition coefficient (Wildman–Crippen LogP) is 20.0. The van der Waals surface area contributed by atoms with Crippen LogP contribution in [-0.4, -0.2) is 22.5 Å². The van der Waals surface area contributed by atoms with Gasteiger partial charge >= 0.3 is 0 Å². The predicted molar refractivity (Wildman–Crippen MR) is 376 cm³/mol. The fraction of sp³-hybridized carbons (Fsp3) is 0.0238. The standard InChI is InChI=1S/C84H58N2SSi/c1-4-18-57(19-5-1)58-32-34-59(35-33-58)60-36-38-61(39-37-60)62-40-42-63(43-41-62)64-44-46-65(47-45-64)66-48-51-70(52-49-66)88(68-20-6-2-7-21-68,69-22-8-3-9-23-69)82-55-54-80(83-74-27-13-17-31-81(74)87-84(82)83)86-78-30-16-12-26-73(78)75-56-67(50-53-79(75)86)85-76-28-14-10-24-71(76)72-25-11-15-29-77(72)85/h1-56,83-84H. The summed E-state index contributed by atoms with van der Waals surface area (Å²) in [5.74, 6) is 0.0898. The van der Waals surface area contributed by atoms with Crippen LogP contribution in [0.25, 0.3) is 111 Å². The van der Waals surface area contributed by atoms with E-state index >= 15 is 0 Å². The van der Waals surface area contributed by atoms with Gasteiger partial charge in [-0.05, 0) is 125 Å². The fourth-order valence-corrected chi connectivity index (χ4v) is 21.7. The second-order valence-electron chi connectivity index (χ2n) is 23.4. The first-order chi connectivity index (χ1) is 43.6. The van der Waals surface area contributed by atoms with Crippen LogP contribution in [-0.2, 0) is 0 Å². The molecule has 2 nitrogen and oxygen atoms in total. The van der Waals surface area contributed by atoms with Crippen molar-refractivity contribution in [2.45, 2.75) is 16.1 Å². The van der Waals surface area contributed by atoms with Gasteiger partial charge in [-0.3, -0.25) is 0 Å². The van der Waals surface area contributed by atoms with Crippen molar-refractivity contribution in [1.82, 2.24) is 9.13 Å². The molecular formula is C84H58N2SSi. The van der Waals surface area contributed by atoms with Crippen LogP contribution in [0.4, 0.5) is 0 Å². The molecule has 2 unspecified atom stereocenters. The normalized spacial score (nSPS) is 14.7. The van der Waals surface area contributed by atoms with E-state index in [1.165, 1.54) is 142 Å². The summed E-state index contributed by atoms with van der Waals surface area (Å²) in [6.07, 6.45) is 5.07. The van der Waals surface area contributed by atoms with Gasteiger partial charge < -0.3 is 9.13 Å². The Balaban J connectivity index is 0.727. The first kappa shape index (κ1) is 51.9. The van der Waals surface area contributed by atoms with E-state index in [4.69, 9.17) is 0 Å².